The van der Waals surface area contributed by atoms with Crippen LogP contribution in [0.15, 0.2) is 30.3 Å². The van der Waals surface area contributed by atoms with E-state index in [0.29, 0.717) is 26.1 Å². The van der Waals surface area contributed by atoms with E-state index in [9.17, 15) is 13.2 Å². The van der Waals surface area contributed by atoms with E-state index in [2.05, 4.69) is 12.1 Å². The summed E-state index contributed by atoms with van der Waals surface area (Å²) < 4.78 is 28.1. The lowest BCUT2D eigenvalue weighted by molar-refractivity contribution is -0.138. The second-order valence-electron chi connectivity index (χ2n) is 7.87. The number of carbonyl (C=O) groups excluding carboxylic acids is 1. The molecule has 2 fully saturated rings. The van der Waals surface area contributed by atoms with Crippen molar-refractivity contribution in [2.75, 3.05) is 39.8 Å². The largest absolute Gasteiger partial charge is 0.342 e. The maximum absolute atomic E-state index is 12.6. The van der Waals surface area contributed by atoms with E-state index in [0.717, 1.165) is 38.8 Å². The van der Waals surface area contributed by atoms with Crippen molar-refractivity contribution < 1.29 is 13.2 Å². The molecule has 7 heteroatoms. The summed E-state index contributed by atoms with van der Waals surface area (Å²) >= 11 is 0. The Hall–Kier alpha value is -1.44. The van der Waals surface area contributed by atoms with Crippen LogP contribution in [-0.4, -0.2) is 67.6 Å². The Balaban J connectivity index is 1.60. The summed E-state index contributed by atoms with van der Waals surface area (Å²) in [7, 11) is -1.72. The molecule has 2 heterocycles. The molecule has 150 valence electrons. The molecule has 1 aromatic rings. The van der Waals surface area contributed by atoms with Crippen LogP contribution in [0.3, 0.4) is 0 Å². The highest BCUT2D eigenvalue weighted by atomic mass is 32.2. The van der Waals surface area contributed by atoms with Crippen molar-refractivity contribution in [3.05, 3.63) is 35.9 Å². The number of nitrogens with zero attached hydrogens (tertiary/aromatic N) is 3. The monoisotopic (exact) mass is 393 g/mol. The van der Waals surface area contributed by atoms with Gasteiger partial charge in [0.15, 0.2) is 0 Å². The number of hydrogen-bond acceptors (Lipinski definition) is 3. The first-order valence-electron chi connectivity index (χ1n) is 9.89. The molecule has 1 amide bonds. The van der Waals surface area contributed by atoms with Crippen LogP contribution in [0.1, 0.15) is 38.2 Å². The molecule has 0 aromatic heterocycles. The number of benzene rings is 1. The van der Waals surface area contributed by atoms with Gasteiger partial charge in [-0.05, 0) is 36.7 Å². The maximum atomic E-state index is 12.6. The smallest absolute Gasteiger partial charge is 0.281 e. The van der Waals surface area contributed by atoms with Gasteiger partial charge in [-0.1, -0.05) is 37.3 Å². The summed E-state index contributed by atoms with van der Waals surface area (Å²) in [6, 6.07) is 10.2. The van der Waals surface area contributed by atoms with E-state index < -0.39 is 10.2 Å². The first-order valence-corrected chi connectivity index (χ1v) is 11.3. The quantitative estimate of drug-likeness (QED) is 0.744. The van der Waals surface area contributed by atoms with Crippen LogP contribution in [0.2, 0.25) is 0 Å². The molecule has 27 heavy (non-hydrogen) atoms. The Morgan fingerprint density at radius 3 is 2.41 bits per heavy atom. The molecule has 0 atom stereocenters. The minimum absolute atomic E-state index is 0.0708. The van der Waals surface area contributed by atoms with Crippen LogP contribution in [0.4, 0.5) is 0 Å². The van der Waals surface area contributed by atoms with Crippen molar-refractivity contribution in [3.63, 3.8) is 0 Å². The van der Waals surface area contributed by atoms with E-state index in [1.165, 1.54) is 9.87 Å². The van der Waals surface area contributed by atoms with Crippen LogP contribution in [0, 0.1) is 5.41 Å². The van der Waals surface area contributed by atoms with Crippen molar-refractivity contribution >= 4 is 16.1 Å². The van der Waals surface area contributed by atoms with Gasteiger partial charge in [-0.15, -0.1) is 0 Å². The molecule has 2 aliphatic rings. The molecule has 1 spiro atoms. The lowest BCUT2D eigenvalue weighted by atomic mass is 9.72. The molecule has 0 radical (unpaired) electrons. The van der Waals surface area contributed by atoms with Crippen LogP contribution >= 0.6 is 0 Å². The average Bonchev–Trinajstić information content (AvgIpc) is 2.69. The highest BCUT2D eigenvalue weighted by molar-refractivity contribution is 7.86. The van der Waals surface area contributed by atoms with Crippen LogP contribution in [0.5, 0.6) is 0 Å². The Morgan fingerprint density at radius 2 is 1.78 bits per heavy atom. The van der Waals surface area contributed by atoms with E-state index >= 15 is 0 Å². The molecule has 0 aliphatic carbocycles. The summed E-state index contributed by atoms with van der Waals surface area (Å²) in [5.74, 6) is 0.234. The van der Waals surface area contributed by atoms with Crippen LogP contribution in [0.25, 0.3) is 0 Å². The number of likely N-dealkylation sites (tertiary alicyclic amines) is 1. The molecule has 2 aliphatic heterocycles. The minimum Gasteiger partial charge on any atom is -0.342 e. The summed E-state index contributed by atoms with van der Waals surface area (Å²) in [6.45, 7) is 4.92. The van der Waals surface area contributed by atoms with Gasteiger partial charge in [0.2, 0.25) is 5.91 Å². The summed E-state index contributed by atoms with van der Waals surface area (Å²) in [6.07, 6.45) is 3.99. The van der Waals surface area contributed by atoms with Crippen molar-refractivity contribution in [2.24, 2.45) is 5.41 Å². The Bertz CT molecular complexity index is 743. The van der Waals surface area contributed by atoms with E-state index in [1.807, 2.05) is 30.0 Å². The zero-order valence-corrected chi connectivity index (χ0v) is 17.2. The van der Waals surface area contributed by atoms with Gasteiger partial charge >= 0.3 is 0 Å². The molecule has 1 aromatic carbocycles. The number of hydrogen-bond donors (Lipinski definition) is 0. The second kappa shape index (κ2) is 8.29. The van der Waals surface area contributed by atoms with E-state index in [4.69, 9.17) is 0 Å². The standard InChI is InChI=1S/C20H31N3O3S/c1-3-21(2)27(25,26)23-15-12-20(13-16-23)11-9-19(24)22(17-20)14-10-18-7-5-4-6-8-18/h4-8H,3,9-17H2,1-2H3. The summed E-state index contributed by atoms with van der Waals surface area (Å²) in [4.78, 5) is 14.4. The molecule has 0 unspecified atom stereocenters. The van der Waals surface area contributed by atoms with Crippen LogP contribution < -0.4 is 0 Å². The van der Waals surface area contributed by atoms with Gasteiger partial charge in [-0.2, -0.15) is 17.0 Å². The van der Waals surface area contributed by atoms with Gasteiger partial charge in [0, 0.05) is 46.2 Å². The predicted octanol–water partition coefficient (Wildman–Crippen LogP) is 2.13. The molecular weight excluding hydrogens is 362 g/mol. The lowest BCUT2D eigenvalue weighted by Gasteiger charge is -2.47. The van der Waals surface area contributed by atoms with Gasteiger partial charge < -0.3 is 4.90 Å². The Morgan fingerprint density at radius 1 is 1.11 bits per heavy atom. The molecule has 6 nitrogen and oxygen atoms in total. The predicted molar refractivity (Wildman–Crippen MR) is 106 cm³/mol. The molecule has 2 saturated heterocycles. The van der Waals surface area contributed by atoms with E-state index in [-0.39, 0.29) is 11.3 Å². The zero-order valence-electron chi connectivity index (χ0n) is 16.4. The van der Waals surface area contributed by atoms with Crippen molar-refractivity contribution in [2.45, 2.75) is 39.0 Å². The first-order chi connectivity index (χ1) is 12.9. The Labute approximate surface area is 163 Å². The minimum atomic E-state index is -3.35. The SMILES string of the molecule is CCN(C)S(=O)(=O)N1CCC2(CCC(=O)N(CCc3ccccc3)C2)CC1. The zero-order chi connectivity index (χ0) is 19.5. The van der Waals surface area contributed by atoms with Crippen molar-refractivity contribution in [1.29, 1.82) is 0 Å². The van der Waals surface area contributed by atoms with Crippen LogP contribution in [-0.2, 0) is 21.4 Å². The lowest BCUT2D eigenvalue weighted by Crippen LogP contribution is -2.54. The van der Waals surface area contributed by atoms with Gasteiger partial charge in [0.05, 0.1) is 0 Å². The molecule has 0 saturated carbocycles. The number of carbonyl (C=O) groups is 1. The van der Waals surface area contributed by atoms with E-state index in [1.54, 1.807) is 11.4 Å². The normalized spacial score (nSPS) is 21.1. The highest BCUT2D eigenvalue weighted by Gasteiger charge is 2.43. The number of amides is 1. The van der Waals surface area contributed by atoms with Crippen molar-refractivity contribution in [3.8, 4) is 0 Å². The molecule has 0 bridgehead atoms. The number of rotatable bonds is 6. The second-order valence-corrected chi connectivity index (χ2v) is 9.91. The van der Waals surface area contributed by atoms with Gasteiger partial charge in [0.25, 0.3) is 10.2 Å². The third kappa shape index (κ3) is 4.52. The molecular formula is C20H31N3O3S. The third-order valence-electron chi connectivity index (χ3n) is 6.21. The van der Waals surface area contributed by atoms with Gasteiger partial charge in [-0.3, -0.25) is 4.79 Å². The summed E-state index contributed by atoms with van der Waals surface area (Å²) in [5.41, 5.74) is 1.31. The average molecular weight is 394 g/mol. The third-order valence-corrected chi connectivity index (χ3v) is 8.27. The Kier molecular flexibility index (Phi) is 6.23. The fourth-order valence-electron chi connectivity index (χ4n) is 4.17. The van der Waals surface area contributed by atoms with Gasteiger partial charge in [-0.25, -0.2) is 0 Å². The van der Waals surface area contributed by atoms with Crippen molar-refractivity contribution in [1.82, 2.24) is 13.5 Å². The summed E-state index contributed by atoms with van der Waals surface area (Å²) in [5, 5.41) is 0. The highest BCUT2D eigenvalue weighted by Crippen LogP contribution is 2.41. The molecule has 0 N–H and O–H groups in total. The maximum Gasteiger partial charge on any atom is 0.281 e. The first kappa shape index (κ1) is 20.3. The topological polar surface area (TPSA) is 60.9 Å². The fraction of sp³-hybridized carbons (Fsp3) is 0.650. The molecule has 3 rings (SSSR count). The number of piperidine rings is 2. The fourth-order valence-corrected chi connectivity index (χ4v) is 5.54. The van der Waals surface area contributed by atoms with Gasteiger partial charge in [0.1, 0.15) is 0 Å².